The Hall–Kier alpha value is -2.82. The van der Waals surface area contributed by atoms with Gasteiger partial charge in [-0.3, -0.25) is 9.59 Å². The molecule has 1 atom stereocenters. The number of esters is 1. The van der Waals surface area contributed by atoms with Gasteiger partial charge in [0.05, 0.1) is 12.5 Å². The third-order valence-corrected chi connectivity index (χ3v) is 4.47. The Kier molecular flexibility index (Phi) is 5.26. The van der Waals surface area contributed by atoms with Crippen molar-refractivity contribution in [1.29, 1.82) is 0 Å². The van der Waals surface area contributed by atoms with Crippen molar-refractivity contribution in [3.8, 4) is 11.5 Å². The van der Waals surface area contributed by atoms with E-state index in [1.54, 1.807) is 4.90 Å². The average Bonchev–Trinajstić information content (AvgIpc) is 3.01. The number of ether oxygens (including phenoxy) is 2. The molecule has 1 aliphatic rings. The molecule has 1 fully saturated rings. The number of hydrogen-bond acceptors (Lipinski definition) is 4. The highest BCUT2D eigenvalue weighted by Crippen LogP contribution is 2.28. The van der Waals surface area contributed by atoms with Gasteiger partial charge in [0.2, 0.25) is 5.91 Å². The molecule has 0 saturated carbocycles. The second kappa shape index (κ2) is 7.60. The van der Waals surface area contributed by atoms with Crippen LogP contribution in [0.25, 0.3) is 0 Å². The molecule has 0 aliphatic carbocycles. The van der Waals surface area contributed by atoms with E-state index >= 15 is 0 Å². The first-order chi connectivity index (χ1) is 12.5. The van der Waals surface area contributed by atoms with E-state index in [4.69, 9.17) is 9.47 Å². The number of rotatable bonds is 5. The molecule has 3 rings (SSSR count). The summed E-state index contributed by atoms with van der Waals surface area (Å²) in [5, 5.41) is 0. The molecule has 0 spiro atoms. The second-order valence-electron chi connectivity index (χ2n) is 6.52. The van der Waals surface area contributed by atoms with Crippen molar-refractivity contribution in [3.63, 3.8) is 0 Å². The number of carbonyl (C=O) groups is 2. The molecular weight excluding hydrogens is 330 g/mol. The van der Waals surface area contributed by atoms with Gasteiger partial charge in [-0.2, -0.15) is 0 Å². The van der Waals surface area contributed by atoms with Gasteiger partial charge in [-0.05, 0) is 62.2 Å². The highest BCUT2D eigenvalue weighted by molar-refractivity contribution is 5.99. The first-order valence-corrected chi connectivity index (χ1v) is 8.80. The number of benzene rings is 2. The molecule has 0 radical (unpaired) electrons. The summed E-state index contributed by atoms with van der Waals surface area (Å²) in [4.78, 5) is 26.5. The first kappa shape index (κ1) is 18.0. The fourth-order valence-corrected chi connectivity index (χ4v) is 3.01. The maximum atomic E-state index is 12.5. The lowest BCUT2D eigenvalue weighted by atomic mass is 10.1. The van der Waals surface area contributed by atoms with Crippen molar-refractivity contribution in [2.24, 2.45) is 5.92 Å². The summed E-state index contributed by atoms with van der Waals surface area (Å²) in [6, 6.07) is 13.1. The summed E-state index contributed by atoms with van der Waals surface area (Å²) in [6.45, 7) is 6.69. The molecule has 1 saturated heterocycles. The number of anilines is 1. The van der Waals surface area contributed by atoms with E-state index < -0.39 is 5.92 Å². The van der Waals surface area contributed by atoms with Gasteiger partial charge in [0.25, 0.3) is 0 Å². The molecule has 1 heterocycles. The smallest absolute Gasteiger partial charge is 0.316 e. The minimum Gasteiger partial charge on any atom is -0.494 e. The van der Waals surface area contributed by atoms with Crippen LogP contribution >= 0.6 is 0 Å². The van der Waals surface area contributed by atoms with Crippen LogP contribution in [0, 0.1) is 19.8 Å². The SMILES string of the molecule is CCOc1ccc(N2C[C@@H](C(=O)Oc3cc(C)ccc3C)CC2=O)cc1. The quantitative estimate of drug-likeness (QED) is 0.608. The van der Waals surface area contributed by atoms with Crippen molar-refractivity contribution < 1.29 is 19.1 Å². The van der Waals surface area contributed by atoms with E-state index in [1.165, 1.54) is 0 Å². The van der Waals surface area contributed by atoms with Crippen LogP contribution in [0.3, 0.4) is 0 Å². The Morgan fingerprint density at radius 3 is 2.58 bits per heavy atom. The number of nitrogens with zero attached hydrogens (tertiary/aromatic N) is 1. The summed E-state index contributed by atoms with van der Waals surface area (Å²) in [5.41, 5.74) is 2.69. The highest BCUT2D eigenvalue weighted by atomic mass is 16.5. The van der Waals surface area contributed by atoms with Crippen molar-refractivity contribution in [2.75, 3.05) is 18.1 Å². The fraction of sp³-hybridized carbons (Fsp3) is 0.333. The van der Waals surface area contributed by atoms with E-state index in [0.29, 0.717) is 18.9 Å². The van der Waals surface area contributed by atoms with Crippen molar-refractivity contribution in [2.45, 2.75) is 27.2 Å². The van der Waals surface area contributed by atoms with E-state index in [1.807, 2.05) is 63.2 Å². The molecule has 5 heteroatoms. The minimum absolute atomic E-state index is 0.0722. The Morgan fingerprint density at radius 1 is 1.15 bits per heavy atom. The molecule has 2 aromatic rings. The molecule has 1 amide bonds. The van der Waals surface area contributed by atoms with Gasteiger partial charge >= 0.3 is 5.97 Å². The Morgan fingerprint density at radius 2 is 1.88 bits per heavy atom. The Labute approximate surface area is 153 Å². The van der Waals surface area contributed by atoms with Gasteiger partial charge in [0.15, 0.2) is 0 Å². The molecular formula is C21H23NO4. The molecule has 26 heavy (non-hydrogen) atoms. The predicted octanol–water partition coefficient (Wildman–Crippen LogP) is 3.66. The van der Waals surface area contributed by atoms with E-state index in [0.717, 1.165) is 22.6 Å². The summed E-state index contributed by atoms with van der Waals surface area (Å²) in [5.74, 6) is 0.419. The zero-order chi connectivity index (χ0) is 18.7. The summed E-state index contributed by atoms with van der Waals surface area (Å²) in [6.07, 6.45) is 0.164. The highest BCUT2D eigenvalue weighted by Gasteiger charge is 2.36. The van der Waals surface area contributed by atoms with Crippen LogP contribution in [0.2, 0.25) is 0 Å². The lowest BCUT2D eigenvalue weighted by molar-refractivity contribution is -0.139. The zero-order valence-electron chi connectivity index (χ0n) is 15.3. The van der Waals surface area contributed by atoms with Crippen LogP contribution in [0.4, 0.5) is 5.69 Å². The fourth-order valence-electron chi connectivity index (χ4n) is 3.01. The van der Waals surface area contributed by atoms with Crippen LogP contribution < -0.4 is 14.4 Å². The maximum absolute atomic E-state index is 12.5. The number of aryl methyl sites for hydroxylation is 2. The van der Waals surface area contributed by atoms with Crippen LogP contribution in [0.5, 0.6) is 11.5 Å². The van der Waals surface area contributed by atoms with Gasteiger partial charge in [-0.25, -0.2) is 0 Å². The van der Waals surface area contributed by atoms with E-state index in [9.17, 15) is 9.59 Å². The average molecular weight is 353 g/mol. The molecule has 0 aromatic heterocycles. The Balaban J connectivity index is 1.68. The topological polar surface area (TPSA) is 55.8 Å². The van der Waals surface area contributed by atoms with Crippen molar-refractivity contribution in [1.82, 2.24) is 0 Å². The standard InChI is InChI=1S/C21H23NO4/c1-4-25-18-9-7-17(8-10-18)22-13-16(12-20(22)23)21(24)26-19-11-14(2)5-6-15(19)3/h5-11,16H,4,12-13H2,1-3H3/t16-/m0/s1. The first-order valence-electron chi connectivity index (χ1n) is 8.80. The molecule has 2 aromatic carbocycles. The van der Waals surface area contributed by atoms with Gasteiger partial charge in [-0.15, -0.1) is 0 Å². The maximum Gasteiger partial charge on any atom is 0.316 e. The van der Waals surface area contributed by atoms with Gasteiger partial charge < -0.3 is 14.4 Å². The minimum atomic E-state index is -0.464. The van der Waals surface area contributed by atoms with Crippen molar-refractivity contribution in [3.05, 3.63) is 53.6 Å². The molecule has 0 unspecified atom stereocenters. The molecule has 1 aliphatic heterocycles. The van der Waals surface area contributed by atoms with Crippen LogP contribution in [0.1, 0.15) is 24.5 Å². The second-order valence-corrected chi connectivity index (χ2v) is 6.52. The van der Waals surface area contributed by atoms with Gasteiger partial charge in [-0.1, -0.05) is 12.1 Å². The molecule has 0 N–H and O–H groups in total. The lowest BCUT2D eigenvalue weighted by Crippen LogP contribution is -2.27. The summed E-state index contributed by atoms with van der Waals surface area (Å²) >= 11 is 0. The van der Waals surface area contributed by atoms with Crippen LogP contribution in [-0.4, -0.2) is 25.0 Å². The summed E-state index contributed by atoms with van der Waals surface area (Å²) in [7, 11) is 0. The number of hydrogen-bond donors (Lipinski definition) is 0. The van der Waals surface area contributed by atoms with Crippen LogP contribution in [-0.2, 0) is 9.59 Å². The lowest BCUT2D eigenvalue weighted by Gasteiger charge is -2.17. The molecule has 136 valence electrons. The van der Waals surface area contributed by atoms with Crippen molar-refractivity contribution >= 4 is 17.6 Å². The van der Waals surface area contributed by atoms with Gasteiger partial charge in [0.1, 0.15) is 11.5 Å². The number of amides is 1. The Bertz CT molecular complexity index is 813. The monoisotopic (exact) mass is 353 g/mol. The predicted molar refractivity (Wildman–Crippen MR) is 99.6 cm³/mol. The molecule has 5 nitrogen and oxygen atoms in total. The third-order valence-electron chi connectivity index (χ3n) is 4.47. The summed E-state index contributed by atoms with van der Waals surface area (Å²) < 4.78 is 11.0. The molecule has 0 bridgehead atoms. The third kappa shape index (κ3) is 3.87. The normalized spacial score (nSPS) is 16.7. The zero-order valence-corrected chi connectivity index (χ0v) is 15.3. The van der Waals surface area contributed by atoms with Gasteiger partial charge in [0, 0.05) is 18.7 Å². The van der Waals surface area contributed by atoms with E-state index in [2.05, 4.69) is 0 Å². The largest absolute Gasteiger partial charge is 0.494 e. The van der Waals surface area contributed by atoms with Crippen LogP contribution in [0.15, 0.2) is 42.5 Å². The number of carbonyl (C=O) groups excluding carboxylic acids is 2. The van der Waals surface area contributed by atoms with E-state index in [-0.39, 0.29) is 18.3 Å².